The van der Waals surface area contributed by atoms with Gasteiger partial charge in [-0.1, -0.05) is 35.9 Å². The van der Waals surface area contributed by atoms with Crippen LogP contribution in [0.2, 0.25) is 5.02 Å². The molecule has 0 unspecified atom stereocenters. The van der Waals surface area contributed by atoms with E-state index in [9.17, 15) is 8.42 Å². The predicted octanol–water partition coefficient (Wildman–Crippen LogP) is 5.03. The van der Waals surface area contributed by atoms with Gasteiger partial charge in [-0.15, -0.1) is 0 Å². The van der Waals surface area contributed by atoms with Crippen LogP contribution in [-0.2, 0) is 9.84 Å². The van der Waals surface area contributed by atoms with Gasteiger partial charge >= 0.3 is 0 Å². The van der Waals surface area contributed by atoms with Crippen LogP contribution in [0, 0.1) is 0 Å². The minimum atomic E-state index is -3.28. The SMILES string of the molecule is COc1ccc2nc(-c3ccc(Cl)cc3)c(-c3ccc(S(C)(=O)=O)cc3)nc2c1. The van der Waals surface area contributed by atoms with Crippen molar-refractivity contribution in [1.29, 1.82) is 0 Å². The van der Waals surface area contributed by atoms with E-state index in [0.717, 1.165) is 16.6 Å². The van der Waals surface area contributed by atoms with E-state index >= 15 is 0 Å². The lowest BCUT2D eigenvalue weighted by Crippen LogP contribution is -1.98. The first kappa shape index (κ1) is 19.4. The van der Waals surface area contributed by atoms with Gasteiger partial charge in [0.1, 0.15) is 5.75 Å². The molecule has 0 saturated heterocycles. The first-order chi connectivity index (χ1) is 13.8. The fraction of sp³-hybridized carbons (Fsp3) is 0.0909. The van der Waals surface area contributed by atoms with Gasteiger partial charge in [0, 0.05) is 28.5 Å². The maximum absolute atomic E-state index is 11.8. The van der Waals surface area contributed by atoms with E-state index < -0.39 is 9.84 Å². The second-order valence-corrected chi connectivity index (χ2v) is 9.03. The van der Waals surface area contributed by atoms with Gasteiger partial charge in [-0.3, -0.25) is 0 Å². The number of rotatable bonds is 4. The second-order valence-electron chi connectivity index (χ2n) is 6.58. The van der Waals surface area contributed by atoms with Gasteiger partial charge in [-0.05, 0) is 36.4 Å². The summed E-state index contributed by atoms with van der Waals surface area (Å²) >= 11 is 6.04. The third-order valence-corrected chi connectivity index (χ3v) is 5.93. The van der Waals surface area contributed by atoms with Crippen LogP contribution in [0.15, 0.2) is 71.6 Å². The van der Waals surface area contributed by atoms with Crippen LogP contribution >= 0.6 is 11.6 Å². The molecule has 0 saturated carbocycles. The summed E-state index contributed by atoms with van der Waals surface area (Å²) in [5.41, 5.74) is 4.37. The Hall–Kier alpha value is -2.96. The Morgan fingerprint density at radius 1 is 0.793 bits per heavy atom. The monoisotopic (exact) mass is 424 g/mol. The normalized spacial score (nSPS) is 11.6. The van der Waals surface area contributed by atoms with Crippen LogP contribution in [-0.4, -0.2) is 31.8 Å². The summed E-state index contributed by atoms with van der Waals surface area (Å²) in [6.07, 6.45) is 1.18. The van der Waals surface area contributed by atoms with Gasteiger partial charge in [-0.2, -0.15) is 0 Å². The van der Waals surface area contributed by atoms with E-state index in [1.807, 2.05) is 30.3 Å². The number of nitrogens with zero attached hydrogens (tertiary/aromatic N) is 2. The van der Waals surface area contributed by atoms with Crippen LogP contribution in [0.3, 0.4) is 0 Å². The topological polar surface area (TPSA) is 69.2 Å². The van der Waals surface area contributed by atoms with Crippen LogP contribution in [0.1, 0.15) is 0 Å². The Kier molecular flexibility index (Phi) is 4.98. The number of ether oxygens (including phenoxy) is 1. The molecular weight excluding hydrogens is 408 g/mol. The Labute approximate surface area is 173 Å². The standard InChI is InChI=1S/C22H17ClN2O3S/c1-28-17-9-12-19-20(13-17)25-22(15-5-10-18(11-6-15)29(2,26)27)21(24-19)14-3-7-16(23)8-4-14/h3-13H,1-2H3. The highest BCUT2D eigenvalue weighted by Gasteiger charge is 2.15. The van der Waals surface area contributed by atoms with Gasteiger partial charge in [0.05, 0.1) is 34.4 Å². The summed E-state index contributed by atoms with van der Waals surface area (Å²) in [5.74, 6) is 0.685. The quantitative estimate of drug-likeness (QED) is 0.459. The Bertz CT molecular complexity index is 1300. The van der Waals surface area contributed by atoms with Crippen molar-refractivity contribution in [1.82, 2.24) is 9.97 Å². The molecule has 0 atom stereocenters. The number of aromatic nitrogens is 2. The van der Waals surface area contributed by atoms with E-state index in [0.29, 0.717) is 27.7 Å². The average molecular weight is 425 g/mol. The van der Waals surface area contributed by atoms with Crippen LogP contribution in [0.25, 0.3) is 33.5 Å². The summed E-state index contributed by atoms with van der Waals surface area (Å²) in [5, 5.41) is 0.631. The highest BCUT2D eigenvalue weighted by atomic mass is 35.5. The number of hydrogen-bond donors (Lipinski definition) is 0. The molecule has 0 bridgehead atoms. The Balaban J connectivity index is 1.96. The van der Waals surface area contributed by atoms with E-state index in [1.165, 1.54) is 6.26 Å². The van der Waals surface area contributed by atoms with Crippen molar-refractivity contribution in [2.24, 2.45) is 0 Å². The molecule has 4 aromatic rings. The summed E-state index contributed by atoms with van der Waals surface area (Å²) in [7, 11) is -1.68. The molecule has 4 rings (SSSR count). The molecule has 1 heterocycles. The van der Waals surface area contributed by atoms with Crippen molar-refractivity contribution in [2.75, 3.05) is 13.4 Å². The lowest BCUT2D eigenvalue weighted by Gasteiger charge is -2.12. The molecule has 0 aliphatic rings. The van der Waals surface area contributed by atoms with Crippen molar-refractivity contribution >= 4 is 32.5 Å². The fourth-order valence-corrected chi connectivity index (χ4v) is 3.79. The van der Waals surface area contributed by atoms with E-state index in [-0.39, 0.29) is 4.90 Å². The molecule has 5 nitrogen and oxygen atoms in total. The zero-order valence-electron chi connectivity index (χ0n) is 15.8. The molecule has 1 aromatic heterocycles. The highest BCUT2D eigenvalue weighted by Crippen LogP contribution is 2.33. The minimum Gasteiger partial charge on any atom is -0.497 e. The molecule has 146 valence electrons. The van der Waals surface area contributed by atoms with E-state index in [4.69, 9.17) is 26.3 Å². The van der Waals surface area contributed by atoms with Crippen molar-refractivity contribution in [2.45, 2.75) is 4.90 Å². The lowest BCUT2D eigenvalue weighted by molar-refractivity contribution is 0.415. The molecule has 0 N–H and O–H groups in total. The van der Waals surface area contributed by atoms with Crippen molar-refractivity contribution in [3.8, 4) is 28.3 Å². The van der Waals surface area contributed by atoms with Crippen LogP contribution in [0.5, 0.6) is 5.75 Å². The smallest absolute Gasteiger partial charge is 0.175 e. The zero-order chi connectivity index (χ0) is 20.6. The molecule has 0 amide bonds. The highest BCUT2D eigenvalue weighted by molar-refractivity contribution is 7.90. The number of methoxy groups -OCH3 is 1. The summed E-state index contributed by atoms with van der Waals surface area (Å²) < 4.78 is 28.9. The third-order valence-electron chi connectivity index (χ3n) is 4.54. The summed E-state index contributed by atoms with van der Waals surface area (Å²) in [6.45, 7) is 0. The number of fused-ring (bicyclic) bond motifs is 1. The molecule has 0 radical (unpaired) electrons. The summed E-state index contributed by atoms with van der Waals surface area (Å²) in [4.78, 5) is 9.89. The maximum Gasteiger partial charge on any atom is 0.175 e. The number of halogens is 1. The van der Waals surface area contributed by atoms with Crippen LogP contribution < -0.4 is 4.74 Å². The molecule has 0 aliphatic carbocycles. The van der Waals surface area contributed by atoms with E-state index in [2.05, 4.69) is 0 Å². The Morgan fingerprint density at radius 2 is 1.34 bits per heavy atom. The predicted molar refractivity (Wildman–Crippen MR) is 115 cm³/mol. The molecular formula is C22H17ClN2O3S. The van der Waals surface area contributed by atoms with Gasteiger partial charge < -0.3 is 4.74 Å². The molecule has 0 spiro atoms. The van der Waals surface area contributed by atoms with Crippen molar-refractivity contribution in [3.63, 3.8) is 0 Å². The fourth-order valence-electron chi connectivity index (χ4n) is 3.03. The summed E-state index contributed by atoms with van der Waals surface area (Å²) in [6, 6.07) is 19.5. The largest absolute Gasteiger partial charge is 0.497 e. The second kappa shape index (κ2) is 7.46. The van der Waals surface area contributed by atoms with Crippen molar-refractivity contribution in [3.05, 3.63) is 71.8 Å². The number of sulfone groups is 1. The number of benzene rings is 3. The molecule has 0 aliphatic heterocycles. The van der Waals surface area contributed by atoms with Crippen molar-refractivity contribution < 1.29 is 13.2 Å². The van der Waals surface area contributed by atoms with Gasteiger partial charge in [0.25, 0.3) is 0 Å². The average Bonchev–Trinajstić information content (AvgIpc) is 2.72. The van der Waals surface area contributed by atoms with Crippen LogP contribution in [0.4, 0.5) is 0 Å². The lowest BCUT2D eigenvalue weighted by atomic mass is 10.0. The first-order valence-electron chi connectivity index (χ1n) is 8.77. The van der Waals surface area contributed by atoms with Gasteiger partial charge in [0.2, 0.25) is 0 Å². The maximum atomic E-state index is 11.8. The van der Waals surface area contributed by atoms with Gasteiger partial charge in [0.15, 0.2) is 9.84 Å². The number of hydrogen-bond acceptors (Lipinski definition) is 5. The minimum absolute atomic E-state index is 0.254. The third kappa shape index (κ3) is 3.95. The molecule has 3 aromatic carbocycles. The molecule has 7 heteroatoms. The Morgan fingerprint density at radius 3 is 1.90 bits per heavy atom. The first-order valence-corrected chi connectivity index (χ1v) is 11.0. The van der Waals surface area contributed by atoms with E-state index in [1.54, 1.807) is 43.5 Å². The molecule has 0 fully saturated rings. The molecule has 29 heavy (non-hydrogen) atoms. The van der Waals surface area contributed by atoms with Gasteiger partial charge in [-0.25, -0.2) is 18.4 Å². The zero-order valence-corrected chi connectivity index (χ0v) is 17.3.